The number of methoxy groups -OCH3 is 1. The molecule has 1 aliphatic heterocycles. The van der Waals surface area contributed by atoms with Crippen LogP contribution in [0.25, 0.3) is 6.08 Å². The van der Waals surface area contributed by atoms with Crippen LogP contribution in [0.1, 0.15) is 21.5 Å². The van der Waals surface area contributed by atoms with Crippen molar-refractivity contribution in [3.8, 4) is 17.2 Å². The first-order chi connectivity index (χ1) is 11.2. The summed E-state index contributed by atoms with van der Waals surface area (Å²) >= 11 is 0. The second-order valence-electron chi connectivity index (χ2n) is 5.30. The lowest BCUT2D eigenvalue weighted by Gasteiger charge is -2.18. The van der Waals surface area contributed by atoms with Gasteiger partial charge in [0.05, 0.1) is 12.7 Å². The van der Waals surface area contributed by atoms with Crippen LogP contribution in [0.3, 0.4) is 0 Å². The Balaban J connectivity index is 1.82. The van der Waals surface area contributed by atoms with Crippen LogP contribution in [0.2, 0.25) is 0 Å². The van der Waals surface area contributed by atoms with Gasteiger partial charge in [-0.25, -0.2) is 0 Å². The van der Waals surface area contributed by atoms with E-state index in [1.165, 1.54) is 0 Å². The standard InChI is InChI=1S/C19H18O4/c1-13-3-7-17(21-2)15(11-13)16(20)6-4-14-5-8-18-19(12-14)23-10-9-22-18/h3-8,11-12H,9-10H2,1-2H3/b6-4+. The first kappa shape index (κ1) is 15.2. The molecule has 1 heterocycles. The number of fused-ring (bicyclic) bond motifs is 1. The zero-order valence-electron chi connectivity index (χ0n) is 13.2. The second-order valence-corrected chi connectivity index (χ2v) is 5.30. The highest BCUT2D eigenvalue weighted by Gasteiger charge is 2.12. The molecule has 0 aromatic heterocycles. The fourth-order valence-corrected chi connectivity index (χ4v) is 2.44. The van der Waals surface area contributed by atoms with E-state index in [0.717, 1.165) is 16.9 Å². The van der Waals surface area contributed by atoms with Gasteiger partial charge in [-0.1, -0.05) is 23.8 Å². The Bertz CT molecular complexity index is 762. The number of allylic oxidation sites excluding steroid dienone is 1. The number of aryl methyl sites for hydroxylation is 1. The van der Waals surface area contributed by atoms with Gasteiger partial charge < -0.3 is 14.2 Å². The largest absolute Gasteiger partial charge is 0.496 e. The molecule has 1 aliphatic rings. The van der Waals surface area contributed by atoms with Gasteiger partial charge in [0.2, 0.25) is 0 Å². The number of ether oxygens (including phenoxy) is 3. The van der Waals surface area contributed by atoms with Gasteiger partial charge in [-0.3, -0.25) is 4.79 Å². The monoisotopic (exact) mass is 310 g/mol. The minimum absolute atomic E-state index is 0.0968. The van der Waals surface area contributed by atoms with Crippen molar-refractivity contribution in [3.05, 3.63) is 59.2 Å². The molecule has 0 bridgehead atoms. The molecule has 0 fully saturated rings. The molecule has 0 saturated heterocycles. The lowest BCUT2D eigenvalue weighted by atomic mass is 10.1. The summed E-state index contributed by atoms with van der Waals surface area (Å²) in [4.78, 5) is 12.4. The van der Waals surface area contributed by atoms with Crippen molar-refractivity contribution in [2.45, 2.75) is 6.92 Å². The highest BCUT2D eigenvalue weighted by atomic mass is 16.6. The van der Waals surface area contributed by atoms with Crippen LogP contribution < -0.4 is 14.2 Å². The molecular weight excluding hydrogens is 292 g/mol. The summed E-state index contributed by atoms with van der Waals surface area (Å²) in [5, 5.41) is 0. The molecule has 0 radical (unpaired) electrons. The number of ketones is 1. The molecule has 0 aliphatic carbocycles. The first-order valence-electron chi connectivity index (χ1n) is 7.44. The molecule has 0 unspecified atom stereocenters. The Morgan fingerprint density at radius 1 is 1.09 bits per heavy atom. The number of benzene rings is 2. The van der Waals surface area contributed by atoms with Crippen molar-refractivity contribution in [1.29, 1.82) is 0 Å². The van der Waals surface area contributed by atoms with Crippen molar-refractivity contribution in [3.63, 3.8) is 0 Å². The number of hydrogen-bond donors (Lipinski definition) is 0. The molecule has 0 N–H and O–H groups in total. The molecule has 4 nitrogen and oxygen atoms in total. The third-order valence-electron chi connectivity index (χ3n) is 3.61. The Hall–Kier alpha value is -2.75. The van der Waals surface area contributed by atoms with Crippen LogP contribution >= 0.6 is 0 Å². The Morgan fingerprint density at radius 3 is 2.65 bits per heavy atom. The van der Waals surface area contributed by atoms with Gasteiger partial charge in [0.1, 0.15) is 19.0 Å². The van der Waals surface area contributed by atoms with Crippen LogP contribution in [0.15, 0.2) is 42.5 Å². The summed E-state index contributed by atoms with van der Waals surface area (Å²) in [5.41, 5.74) is 2.46. The SMILES string of the molecule is COc1ccc(C)cc1C(=O)/C=C/c1ccc2c(c1)OCCO2. The van der Waals surface area contributed by atoms with E-state index in [0.29, 0.717) is 30.3 Å². The topological polar surface area (TPSA) is 44.8 Å². The molecule has 0 saturated carbocycles. The maximum Gasteiger partial charge on any atom is 0.189 e. The summed E-state index contributed by atoms with van der Waals surface area (Å²) < 4.78 is 16.3. The van der Waals surface area contributed by atoms with Crippen molar-refractivity contribution < 1.29 is 19.0 Å². The summed E-state index contributed by atoms with van der Waals surface area (Å²) in [5.74, 6) is 1.92. The molecule has 0 atom stereocenters. The Kier molecular flexibility index (Phi) is 4.33. The van der Waals surface area contributed by atoms with Gasteiger partial charge in [-0.05, 0) is 42.8 Å². The number of hydrogen-bond acceptors (Lipinski definition) is 4. The van der Waals surface area contributed by atoms with Crippen LogP contribution in [0.4, 0.5) is 0 Å². The lowest BCUT2D eigenvalue weighted by Crippen LogP contribution is -2.15. The third kappa shape index (κ3) is 3.37. The van der Waals surface area contributed by atoms with Crippen molar-refractivity contribution in [2.75, 3.05) is 20.3 Å². The number of carbonyl (C=O) groups is 1. The van der Waals surface area contributed by atoms with E-state index >= 15 is 0 Å². The Labute approximate surface area is 135 Å². The normalized spacial score (nSPS) is 13.1. The van der Waals surface area contributed by atoms with Crippen LogP contribution in [-0.2, 0) is 0 Å². The van der Waals surface area contributed by atoms with E-state index in [1.807, 2.05) is 37.3 Å². The van der Waals surface area contributed by atoms with Crippen molar-refractivity contribution >= 4 is 11.9 Å². The minimum Gasteiger partial charge on any atom is -0.496 e. The van der Waals surface area contributed by atoms with Crippen LogP contribution in [0.5, 0.6) is 17.2 Å². The van der Waals surface area contributed by atoms with Gasteiger partial charge >= 0.3 is 0 Å². The lowest BCUT2D eigenvalue weighted by molar-refractivity contribution is 0.104. The Morgan fingerprint density at radius 2 is 1.87 bits per heavy atom. The van der Waals surface area contributed by atoms with Gasteiger partial charge in [-0.2, -0.15) is 0 Å². The number of carbonyl (C=O) groups excluding carboxylic acids is 1. The predicted octanol–water partition coefficient (Wildman–Crippen LogP) is 3.67. The minimum atomic E-state index is -0.0968. The van der Waals surface area contributed by atoms with Gasteiger partial charge in [0.25, 0.3) is 0 Å². The third-order valence-corrected chi connectivity index (χ3v) is 3.61. The highest BCUT2D eigenvalue weighted by molar-refractivity contribution is 6.08. The fraction of sp³-hybridized carbons (Fsp3) is 0.211. The van der Waals surface area contributed by atoms with Crippen molar-refractivity contribution in [1.82, 2.24) is 0 Å². The van der Waals surface area contributed by atoms with E-state index in [1.54, 1.807) is 25.3 Å². The molecule has 118 valence electrons. The van der Waals surface area contributed by atoms with Gasteiger partial charge in [0, 0.05) is 0 Å². The molecule has 23 heavy (non-hydrogen) atoms. The molecule has 2 aromatic rings. The fourth-order valence-electron chi connectivity index (χ4n) is 2.44. The smallest absolute Gasteiger partial charge is 0.189 e. The predicted molar refractivity (Wildman–Crippen MR) is 88.5 cm³/mol. The molecule has 0 amide bonds. The van der Waals surface area contributed by atoms with Crippen molar-refractivity contribution in [2.24, 2.45) is 0 Å². The summed E-state index contributed by atoms with van der Waals surface area (Å²) in [6.07, 6.45) is 3.31. The summed E-state index contributed by atoms with van der Waals surface area (Å²) in [6.45, 7) is 3.05. The molecule has 0 spiro atoms. The maximum absolute atomic E-state index is 12.4. The average Bonchev–Trinajstić information content (AvgIpc) is 2.59. The van der Waals surface area contributed by atoms with E-state index in [9.17, 15) is 4.79 Å². The zero-order chi connectivity index (χ0) is 16.2. The average molecular weight is 310 g/mol. The molecular formula is C19H18O4. The van der Waals surface area contributed by atoms with Crippen LogP contribution in [-0.4, -0.2) is 26.1 Å². The molecule has 2 aromatic carbocycles. The second kappa shape index (κ2) is 6.57. The zero-order valence-corrected chi connectivity index (χ0v) is 13.2. The van der Waals surface area contributed by atoms with Gasteiger partial charge in [0.15, 0.2) is 17.3 Å². The van der Waals surface area contributed by atoms with E-state index in [2.05, 4.69) is 0 Å². The van der Waals surface area contributed by atoms with E-state index in [4.69, 9.17) is 14.2 Å². The molecule has 4 heteroatoms. The quantitative estimate of drug-likeness (QED) is 0.638. The number of rotatable bonds is 4. The van der Waals surface area contributed by atoms with Gasteiger partial charge in [-0.15, -0.1) is 0 Å². The maximum atomic E-state index is 12.4. The molecule has 3 rings (SSSR count). The van der Waals surface area contributed by atoms with Crippen LogP contribution in [0, 0.1) is 6.92 Å². The van der Waals surface area contributed by atoms with E-state index < -0.39 is 0 Å². The highest BCUT2D eigenvalue weighted by Crippen LogP contribution is 2.31. The van der Waals surface area contributed by atoms with E-state index in [-0.39, 0.29) is 5.78 Å². The first-order valence-corrected chi connectivity index (χ1v) is 7.44. The summed E-state index contributed by atoms with van der Waals surface area (Å²) in [6, 6.07) is 11.2. The summed E-state index contributed by atoms with van der Waals surface area (Å²) in [7, 11) is 1.56.